The molecule has 1 amide bonds. The van der Waals surface area contributed by atoms with E-state index in [0.29, 0.717) is 36.2 Å². The summed E-state index contributed by atoms with van der Waals surface area (Å²) in [5.41, 5.74) is 1.39. The number of sulfonamides is 1. The zero-order valence-corrected chi connectivity index (χ0v) is 15.9. The lowest BCUT2D eigenvalue weighted by atomic mass is 9.97. The number of nitrogens with zero attached hydrogens (tertiary/aromatic N) is 1. The quantitative estimate of drug-likeness (QED) is 0.801. The molecule has 1 atom stereocenters. The number of benzene rings is 2. The summed E-state index contributed by atoms with van der Waals surface area (Å²) < 4.78 is 24.9. The fourth-order valence-corrected chi connectivity index (χ4v) is 4.14. The van der Waals surface area contributed by atoms with Crippen molar-refractivity contribution in [1.29, 1.82) is 0 Å². The molecule has 2 aromatic rings. The summed E-state index contributed by atoms with van der Waals surface area (Å²) in [5.74, 6) is -0.877. The van der Waals surface area contributed by atoms with Gasteiger partial charge in [0.1, 0.15) is 0 Å². The number of carbonyl (C=O) groups is 2. The van der Waals surface area contributed by atoms with Gasteiger partial charge in [-0.05, 0) is 25.0 Å². The van der Waals surface area contributed by atoms with E-state index in [0.717, 1.165) is 6.26 Å². The van der Waals surface area contributed by atoms with Crippen LogP contribution in [-0.2, 0) is 14.8 Å². The van der Waals surface area contributed by atoms with Crippen molar-refractivity contribution in [2.45, 2.75) is 12.8 Å². The molecule has 1 heterocycles. The number of nitrogens with one attached hydrogen (secondary N) is 1. The molecular formula is C20H22N2O4S. The van der Waals surface area contributed by atoms with Gasteiger partial charge in [0.2, 0.25) is 15.9 Å². The lowest BCUT2D eigenvalue weighted by Gasteiger charge is -2.30. The number of rotatable bonds is 5. The standard InChI is InChI=1S/C20H22N2O4S/c1-27(25,26)22-13-7-10-16(14-22)20(24)21-18-12-6-5-11-17(18)19(23)15-8-3-2-4-9-15/h2-6,8-9,11-12,16H,7,10,13-14H2,1H3,(H,21,24)/t16-/m0/s1. The zero-order valence-electron chi connectivity index (χ0n) is 15.1. The lowest BCUT2D eigenvalue weighted by molar-refractivity contribution is -0.120. The maximum atomic E-state index is 12.8. The summed E-state index contributed by atoms with van der Waals surface area (Å²) >= 11 is 0. The second kappa shape index (κ2) is 8.02. The molecule has 1 saturated heterocycles. The van der Waals surface area contributed by atoms with Gasteiger partial charge in [-0.3, -0.25) is 9.59 Å². The molecule has 7 heteroatoms. The molecule has 0 unspecified atom stereocenters. The van der Waals surface area contributed by atoms with Crippen LogP contribution < -0.4 is 5.32 Å². The molecule has 3 rings (SSSR count). The topological polar surface area (TPSA) is 83.6 Å². The van der Waals surface area contributed by atoms with Crippen LogP contribution >= 0.6 is 0 Å². The average molecular weight is 386 g/mol. The molecule has 142 valence electrons. The van der Waals surface area contributed by atoms with Crippen LogP contribution in [0.3, 0.4) is 0 Å². The highest BCUT2D eigenvalue weighted by Crippen LogP contribution is 2.23. The van der Waals surface area contributed by atoms with Crippen LogP contribution in [0.2, 0.25) is 0 Å². The molecule has 0 aliphatic carbocycles. The van der Waals surface area contributed by atoms with Crippen LogP contribution in [0.15, 0.2) is 54.6 Å². The molecule has 0 radical (unpaired) electrons. The average Bonchev–Trinajstić information content (AvgIpc) is 2.68. The molecule has 1 N–H and O–H groups in total. The monoisotopic (exact) mass is 386 g/mol. The number of piperidine rings is 1. The van der Waals surface area contributed by atoms with Crippen molar-refractivity contribution < 1.29 is 18.0 Å². The van der Waals surface area contributed by atoms with Gasteiger partial charge < -0.3 is 5.32 Å². The van der Waals surface area contributed by atoms with E-state index in [1.54, 1.807) is 48.5 Å². The predicted molar refractivity (Wildman–Crippen MR) is 104 cm³/mol. The molecule has 1 fully saturated rings. The van der Waals surface area contributed by atoms with Gasteiger partial charge in [-0.1, -0.05) is 42.5 Å². The summed E-state index contributed by atoms with van der Waals surface area (Å²) in [4.78, 5) is 25.5. The summed E-state index contributed by atoms with van der Waals surface area (Å²) in [5, 5.41) is 2.82. The Morgan fingerprint density at radius 1 is 1.04 bits per heavy atom. The van der Waals surface area contributed by atoms with E-state index in [9.17, 15) is 18.0 Å². The zero-order chi connectivity index (χ0) is 19.4. The van der Waals surface area contributed by atoms with Crippen LogP contribution in [0.1, 0.15) is 28.8 Å². The summed E-state index contributed by atoms with van der Waals surface area (Å²) in [6, 6.07) is 15.7. The maximum absolute atomic E-state index is 12.8. The van der Waals surface area contributed by atoms with Crippen LogP contribution in [0.4, 0.5) is 5.69 Å². The molecular weight excluding hydrogens is 364 g/mol. The SMILES string of the molecule is CS(=O)(=O)N1CCC[C@H](C(=O)Nc2ccccc2C(=O)c2ccccc2)C1. The van der Waals surface area contributed by atoms with Crippen molar-refractivity contribution in [3.63, 3.8) is 0 Å². The largest absolute Gasteiger partial charge is 0.325 e. The van der Waals surface area contributed by atoms with Gasteiger partial charge in [0.25, 0.3) is 0 Å². The second-order valence-electron chi connectivity index (χ2n) is 6.69. The Morgan fingerprint density at radius 3 is 2.41 bits per heavy atom. The molecule has 0 bridgehead atoms. The van der Waals surface area contributed by atoms with Gasteiger partial charge >= 0.3 is 0 Å². The first-order valence-electron chi connectivity index (χ1n) is 8.81. The van der Waals surface area contributed by atoms with Crippen molar-refractivity contribution >= 4 is 27.4 Å². The molecule has 6 nitrogen and oxygen atoms in total. The fourth-order valence-electron chi connectivity index (χ4n) is 3.23. The van der Waals surface area contributed by atoms with Crippen molar-refractivity contribution in [1.82, 2.24) is 4.31 Å². The van der Waals surface area contributed by atoms with E-state index < -0.39 is 15.9 Å². The van der Waals surface area contributed by atoms with Gasteiger partial charge in [0.15, 0.2) is 5.78 Å². The number of carbonyl (C=O) groups excluding carboxylic acids is 2. The van der Waals surface area contributed by atoms with Crippen LogP contribution in [0.25, 0.3) is 0 Å². The molecule has 1 aliphatic rings. The summed E-state index contributed by atoms with van der Waals surface area (Å²) in [6.45, 7) is 0.602. The second-order valence-corrected chi connectivity index (χ2v) is 8.67. The highest BCUT2D eigenvalue weighted by atomic mass is 32.2. The third kappa shape index (κ3) is 4.61. The molecule has 0 saturated carbocycles. The Balaban J connectivity index is 1.78. The van der Waals surface area contributed by atoms with Gasteiger partial charge in [0, 0.05) is 24.2 Å². The lowest BCUT2D eigenvalue weighted by Crippen LogP contribution is -2.43. The third-order valence-corrected chi connectivity index (χ3v) is 5.96. The van der Waals surface area contributed by atoms with Crippen molar-refractivity contribution in [2.75, 3.05) is 24.7 Å². The number of para-hydroxylation sites is 1. The Labute approximate surface area is 159 Å². The van der Waals surface area contributed by atoms with Crippen molar-refractivity contribution in [3.05, 3.63) is 65.7 Å². The van der Waals surface area contributed by atoms with E-state index in [1.807, 2.05) is 6.07 Å². The normalized spacial score (nSPS) is 18.0. The first-order valence-corrected chi connectivity index (χ1v) is 10.7. The first-order chi connectivity index (χ1) is 12.9. The van der Waals surface area contributed by atoms with E-state index in [2.05, 4.69) is 5.32 Å². The summed E-state index contributed by atoms with van der Waals surface area (Å²) in [6.07, 6.45) is 2.41. The van der Waals surface area contributed by atoms with Crippen molar-refractivity contribution in [2.24, 2.45) is 5.92 Å². The van der Waals surface area contributed by atoms with Gasteiger partial charge in [-0.15, -0.1) is 0 Å². The van der Waals surface area contributed by atoms with E-state index in [1.165, 1.54) is 4.31 Å². The van der Waals surface area contributed by atoms with E-state index in [-0.39, 0.29) is 18.2 Å². The van der Waals surface area contributed by atoms with Gasteiger partial charge in [-0.2, -0.15) is 0 Å². The van der Waals surface area contributed by atoms with E-state index >= 15 is 0 Å². The predicted octanol–water partition coefficient (Wildman–Crippen LogP) is 2.53. The Bertz CT molecular complexity index is 941. The Kier molecular flexibility index (Phi) is 5.72. The number of hydrogen-bond donors (Lipinski definition) is 1. The third-order valence-electron chi connectivity index (χ3n) is 4.69. The highest BCUT2D eigenvalue weighted by Gasteiger charge is 2.30. The fraction of sp³-hybridized carbons (Fsp3) is 0.300. The van der Waals surface area contributed by atoms with E-state index in [4.69, 9.17) is 0 Å². The minimum absolute atomic E-state index is 0.166. The van der Waals surface area contributed by atoms with Gasteiger partial charge in [-0.25, -0.2) is 12.7 Å². The van der Waals surface area contributed by atoms with Crippen LogP contribution in [0.5, 0.6) is 0 Å². The van der Waals surface area contributed by atoms with Crippen LogP contribution in [0, 0.1) is 5.92 Å². The Morgan fingerprint density at radius 2 is 1.70 bits per heavy atom. The van der Waals surface area contributed by atoms with Crippen molar-refractivity contribution in [3.8, 4) is 0 Å². The highest BCUT2D eigenvalue weighted by molar-refractivity contribution is 7.88. The maximum Gasteiger partial charge on any atom is 0.228 e. The molecule has 0 aromatic heterocycles. The molecule has 0 spiro atoms. The number of hydrogen-bond acceptors (Lipinski definition) is 4. The van der Waals surface area contributed by atoms with Gasteiger partial charge in [0.05, 0.1) is 17.9 Å². The smallest absolute Gasteiger partial charge is 0.228 e. The Hall–Kier alpha value is -2.51. The van der Waals surface area contributed by atoms with Crippen LogP contribution in [-0.4, -0.2) is 43.8 Å². The first kappa shape index (κ1) is 19.3. The molecule has 27 heavy (non-hydrogen) atoms. The number of amides is 1. The molecule has 1 aliphatic heterocycles. The molecule has 2 aromatic carbocycles. The minimum Gasteiger partial charge on any atom is -0.325 e. The number of ketones is 1. The minimum atomic E-state index is -3.32. The summed E-state index contributed by atoms with van der Waals surface area (Å²) in [7, 11) is -3.32. The number of anilines is 1.